The molecule has 0 spiro atoms. The van der Waals surface area contributed by atoms with Crippen LogP contribution in [0.15, 0.2) is 57.0 Å². The number of benzene rings is 2. The van der Waals surface area contributed by atoms with Crippen LogP contribution in [-0.4, -0.2) is 46.0 Å². The summed E-state index contributed by atoms with van der Waals surface area (Å²) in [6, 6.07) is 10.4. The fourth-order valence-corrected chi connectivity index (χ4v) is 3.53. The van der Waals surface area contributed by atoms with Crippen molar-refractivity contribution in [3.05, 3.63) is 85.5 Å². The Balaban J connectivity index is 2.35. The van der Waals surface area contributed by atoms with Crippen molar-refractivity contribution in [2.45, 2.75) is 39.6 Å². The van der Waals surface area contributed by atoms with Gasteiger partial charge in [0.15, 0.2) is 11.6 Å². The number of carbonyl (C=O) groups is 2. The molecule has 0 unspecified atom stereocenters. The molecule has 2 aromatic carbocycles. The van der Waals surface area contributed by atoms with Gasteiger partial charge in [-0.25, -0.2) is 23.5 Å². The fraction of sp³-hybridized carbons (Fsp3) is 0.320. The van der Waals surface area contributed by atoms with Gasteiger partial charge in [0, 0.05) is 11.1 Å². The summed E-state index contributed by atoms with van der Waals surface area (Å²) in [5.41, 5.74) is -1.58. The summed E-state index contributed by atoms with van der Waals surface area (Å²) in [5, 5.41) is 0.460. The van der Waals surface area contributed by atoms with Crippen molar-refractivity contribution in [2.75, 3.05) is 14.2 Å². The lowest BCUT2D eigenvalue weighted by Gasteiger charge is -2.16. The smallest absolute Gasteiger partial charge is 0.336 e. The van der Waals surface area contributed by atoms with E-state index in [2.05, 4.69) is 9.73 Å². The highest BCUT2D eigenvalue weighted by molar-refractivity contribution is 6.30. The molecule has 13 heteroatoms. The maximum Gasteiger partial charge on any atom is 0.336 e. The van der Waals surface area contributed by atoms with E-state index in [9.17, 15) is 23.6 Å². The van der Waals surface area contributed by atoms with E-state index in [0.29, 0.717) is 15.2 Å². The number of methoxy groups -OCH3 is 2. The fourth-order valence-electron chi connectivity index (χ4n) is 3.41. The first kappa shape index (κ1) is 28.4. The van der Waals surface area contributed by atoms with Gasteiger partial charge in [-0.3, -0.25) is 18.7 Å². The molecule has 0 aliphatic carbocycles. The molecule has 0 aliphatic heterocycles. The zero-order valence-corrected chi connectivity index (χ0v) is 21.9. The second-order valence-corrected chi connectivity index (χ2v) is 8.73. The van der Waals surface area contributed by atoms with Crippen LogP contribution in [0.1, 0.15) is 19.4 Å². The molecule has 1 aromatic heterocycles. The highest BCUT2D eigenvalue weighted by Gasteiger charge is 2.20. The summed E-state index contributed by atoms with van der Waals surface area (Å²) in [4.78, 5) is 55.4. The van der Waals surface area contributed by atoms with Crippen LogP contribution in [0, 0.1) is 5.82 Å². The van der Waals surface area contributed by atoms with Gasteiger partial charge in [0.2, 0.25) is 5.62 Å². The van der Waals surface area contributed by atoms with Gasteiger partial charge in [0.1, 0.15) is 13.1 Å². The number of rotatable bonds is 9. The normalized spacial score (nSPS) is 11.5. The lowest BCUT2D eigenvalue weighted by molar-refractivity contribution is -0.141. The summed E-state index contributed by atoms with van der Waals surface area (Å²) in [5.74, 6) is -2.41. The second-order valence-electron chi connectivity index (χ2n) is 8.30. The lowest BCUT2D eigenvalue weighted by atomic mass is 10.2. The van der Waals surface area contributed by atoms with Crippen molar-refractivity contribution in [1.82, 2.24) is 13.7 Å². The Hall–Kier alpha value is -4.19. The van der Waals surface area contributed by atoms with Crippen LogP contribution < -0.4 is 21.7 Å². The summed E-state index contributed by atoms with van der Waals surface area (Å²) in [6.07, 6.45) is -0.276. The van der Waals surface area contributed by atoms with Crippen LogP contribution in [0.25, 0.3) is 0 Å². The monoisotopic (exact) mass is 548 g/mol. The summed E-state index contributed by atoms with van der Waals surface area (Å²) in [7, 11) is 2.23. The molecule has 38 heavy (non-hydrogen) atoms. The number of nitrogens with zero attached hydrogens (tertiary/aromatic N) is 4. The quantitative estimate of drug-likeness (QED) is 0.375. The van der Waals surface area contributed by atoms with Gasteiger partial charge >= 0.3 is 23.3 Å². The average Bonchev–Trinajstić information content (AvgIpc) is 2.88. The van der Waals surface area contributed by atoms with Crippen molar-refractivity contribution in [2.24, 2.45) is 4.99 Å². The Morgan fingerprint density at radius 2 is 1.50 bits per heavy atom. The Kier molecular flexibility index (Phi) is 9.24. The summed E-state index contributed by atoms with van der Waals surface area (Å²) < 4.78 is 32.0. The van der Waals surface area contributed by atoms with Crippen LogP contribution in [0.2, 0.25) is 5.02 Å². The number of ether oxygens (including phenoxy) is 3. The number of esters is 2. The Labute approximate surface area is 221 Å². The lowest BCUT2D eigenvalue weighted by Crippen LogP contribution is -2.56. The number of aromatic nitrogens is 3. The SMILES string of the molecule is COC(=O)Cn1c(=O)n(CC(=O)OC)/c(=N\c2ccc(OC(C)C)c(F)c2)n(Cc2ccc(Cl)cc2)c1=O. The third kappa shape index (κ3) is 6.76. The third-order valence-electron chi connectivity index (χ3n) is 5.20. The molecule has 3 aromatic rings. The van der Waals surface area contributed by atoms with E-state index in [1.54, 1.807) is 38.1 Å². The maximum atomic E-state index is 14.7. The van der Waals surface area contributed by atoms with Gasteiger partial charge in [-0.1, -0.05) is 23.7 Å². The first-order valence-electron chi connectivity index (χ1n) is 11.4. The zero-order chi connectivity index (χ0) is 28.0. The average molecular weight is 549 g/mol. The van der Waals surface area contributed by atoms with Crippen molar-refractivity contribution in [3.8, 4) is 5.75 Å². The van der Waals surface area contributed by atoms with Crippen molar-refractivity contribution < 1.29 is 28.2 Å². The van der Waals surface area contributed by atoms with Gasteiger partial charge < -0.3 is 14.2 Å². The number of carbonyl (C=O) groups excluding carboxylic acids is 2. The minimum atomic E-state index is -1.02. The molecule has 0 N–H and O–H groups in total. The van der Waals surface area contributed by atoms with Gasteiger partial charge in [0.05, 0.1) is 32.6 Å². The Morgan fingerprint density at radius 1 is 0.921 bits per heavy atom. The van der Waals surface area contributed by atoms with Crippen LogP contribution in [-0.2, 0) is 38.7 Å². The molecule has 0 fully saturated rings. The number of hydrogen-bond acceptors (Lipinski definition) is 8. The molecule has 0 bridgehead atoms. The molecular formula is C25H26ClFN4O7. The van der Waals surface area contributed by atoms with Crippen LogP contribution >= 0.6 is 11.6 Å². The highest BCUT2D eigenvalue weighted by atomic mass is 35.5. The second kappa shape index (κ2) is 12.4. The predicted molar refractivity (Wildman–Crippen MR) is 135 cm³/mol. The number of hydrogen-bond donors (Lipinski definition) is 0. The van der Waals surface area contributed by atoms with Gasteiger partial charge in [-0.15, -0.1) is 0 Å². The van der Waals surface area contributed by atoms with Crippen LogP contribution in [0.4, 0.5) is 10.1 Å². The van der Waals surface area contributed by atoms with E-state index in [1.165, 1.54) is 12.1 Å². The molecule has 11 nitrogen and oxygen atoms in total. The summed E-state index contributed by atoms with van der Waals surface area (Å²) >= 11 is 5.98. The van der Waals surface area contributed by atoms with Crippen molar-refractivity contribution >= 4 is 29.2 Å². The highest BCUT2D eigenvalue weighted by Crippen LogP contribution is 2.23. The first-order valence-corrected chi connectivity index (χ1v) is 11.7. The molecule has 3 rings (SSSR count). The predicted octanol–water partition coefficient (Wildman–Crippen LogP) is 2.02. The maximum absolute atomic E-state index is 14.7. The Morgan fingerprint density at radius 3 is 2.05 bits per heavy atom. The van der Waals surface area contributed by atoms with Gasteiger partial charge in [-0.2, -0.15) is 0 Å². The largest absolute Gasteiger partial charge is 0.488 e. The zero-order valence-electron chi connectivity index (χ0n) is 21.1. The molecule has 0 saturated carbocycles. The molecule has 0 radical (unpaired) electrons. The molecule has 0 atom stereocenters. The van der Waals surface area contributed by atoms with E-state index < -0.39 is 42.2 Å². The van der Waals surface area contributed by atoms with Crippen LogP contribution in [0.5, 0.6) is 5.75 Å². The summed E-state index contributed by atoms with van der Waals surface area (Å²) in [6.45, 7) is 1.99. The minimum Gasteiger partial charge on any atom is -0.488 e. The first-order chi connectivity index (χ1) is 18.0. The van der Waals surface area contributed by atoms with E-state index >= 15 is 0 Å². The van der Waals surface area contributed by atoms with E-state index in [1.807, 2.05) is 0 Å². The molecule has 1 heterocycles. The molecule has 0 saturated heterocycles. The molecule has 0 amide bonds. The number of halogens is 2. The molecular weight excluding hydrogens is 523 g/mol. The van der Waals surface area contributed by atoms with Gasteiger partial charge in [-0.05, 0) is 43.7 Å². The van der Waals surface area contributed by atoms with Crippen LogP contribution in [0.3, 0.4) is 0 Å². The molecule has 0 aliphatic rings. The van der Waals surface area contributed by atoms with E-state index in [0.717, 1.165) is 29.4 Å². The minimum absolute atomic E-state index is 0.00608. The third-order valence-corrected chi connectivity index (χ3v) is 5.45. The van der Waals surface area contributed by atoms with Crippen molar-refractivity contribution in [3.63, 3.8) is 0 Å². The Bertz CT molecular complexity index is 1520. The van der Waals surface area contributed by atoms with E-state index in [-0.39, 0.29) is 29.7 Å². The van der Waals surface area contributed by atoms with Gasteiger partial charge in [0.25, 0.3) is 0 Å². The van der Waals surface area contributed by atoms with Crippen molar-refractivity contribution in [1.29, 1.82) is 0 Å². The van der Waals surface area contributed by atoms with E-state index in [4.69, 9.17) is 21.1 Å². The standard InChI is InChI=1S/C25H26ClFN4O7/c1-15(2)38-20-10-9-18(11-19(20)27)28-23-29(12-16-5-7-17(26)8-6-16)24(34)31(14-22(33)37-4)25(35)30(23)13-21(32)36-3/h5-11,15H,12-14H2,1-4H3/b28-23-. The topological polar surface area (TPSA) is 123 Å². The molecule has 202 valence electrons.